The lowest BCUT2D eigenvalue weighted by Gasteiger charge is -2.32. The number of hydrogen-bond acceptors (Lipinski definition) is 4. The van der Waals surface area contributed by atoms with Gasteiger partial charge in [0.15, 0.2) is 0 Å². The number of halogens is 2. The van der Waals surface area contributed by atoms with Gasteiger partial charge in [0, 0.05) is 26.1 Å². The van der Waals surface area contributed by atoms with Gasteiger partial charge in [-0.2, -0.15) is 0 Å². The Bertz CT molecular complexity index is 666. The SMILES string of the molecule is CC1(C)Cc2nc(-c3ncc(Br)cc3Br)sc2C(N)C1. The van der Waals surface area contributed by atoms with Crippen molar-refractivity contribution in [3.05, 3.63) is 31.8 Å². The Morgan fingerprint density at radius 1 is 1.40 bits per heavy atom. The molecule has 2 aromatic heterocycles. The maximum atomic E-state index is 6.31. The van der Waals surface area contributed by atoms with Gasteiger partial charge in [-0.1, -0.05) is 13.8 Å². The van der Waals surface area contributed by atoms with Crippen LogP contribution in [0.5, 0.6) is 0 Å². The summed E-state index contributed by atoms with van der Waals surface area (Å²) in [7, 11) is 0. The lowest BCUT2D eigenvalue weighted by atomic mass is 9.77. The van der Waals surface area contributed by atoms with E-state index in [1.807, 2.05) is 6.07 Å². The topological polar surface area (TPSA) is 51.8 Å². The number of aromatic nitrogens is 2. The summed E-state index contributed by atoms with van der Waals surface area (Å²) in [5.74, 6) is 0. The molecule has 0 aromatic carbocycles. The van der Waals surface area contributed by atoms with E-state index in [2.05, 4.69) is 50.7 Å². The zero-order chi connectivity index (χ0) is 14.5. The molecule has 2 N–H and O–H groups in total. The van der Waals surface area contributed by atoms with Crippen molar-refractivity contribution in [2.45, 2.75) is 32.7 Å². The van der Waals surface area contributed by atoms with Crippen molar-refractivity contribution in [1.29, 1.82) is 0 Å². The van der Waals surface area contributed by atoms with Gasteiger partial charge >= 0.3 is 0 Å². The number of pyridine rings is 1. The van der Waals surface area contributed by atoms with Crippen LogP contribution in [-0.2, 0) is 6.42 Å². The van der Waals surface area contributed by atoms with Crippen molar-refractivity contribution in [3.8, 4) is 10.7 Å². The minimum absolute atomic E-state index is 0.0919. The van der Waals surface area contributed by atoms with E-state index in [9.17, 15) is 0 Å². The molecule has 1 atom stereocenters. The Morgan fingerprint density at radius 2 is 2.15 bits per heavy atom. The summed E-state index contributed by atoms with van der Waals surface area (Å²) >= 11 is 8.65. The molecule has 6 heteroatoms. The molecule has 20 heavy (non-hydrogen) atoms. The van der Waals surface area contributed by atoms with Crippen LogP contribution in [0.3, 0.4) is 0 Å². The number of rotatable bonds is 1. The summed E-state index contributed by atoms with van der Waals surface area (Å²) in [4.78, 5) is 10.5. The lowest BCUT2D eigenvalue weighted by Crippen LogP contribution is -2.28. The molecule has 0 fully saturated rings. The standard InChI is InChI=1S/C14H15Br2N3S/c1-14(2)4-9(17)12-10(5-14)19-13(20-12)11-8(16)3-7(15)6-18-11/h3,6,9H,4-5,17H2,1-2H3. The summed E-state index contributed by atoms with van der Waals surface area (Å²) < 4.78 is 1.90. The van der Waals surface area contributed by atoms with Crippen molar-refractivity contribution in [3.63, 3.8) is 0 Å². The van der Waals surface area contributed by atoms with Gasteiger partial charge in [-0.25, -0.2) is 4.98 Å². The van der Waals surface area contributed by atoms with E-state index in [0.29, 0.717) is 0 Å². The van der Waals surface area contributed by atoms with E-state index >= 15 is 0 Å². The molecule has 0 bridgehead atoms. The molecule has 0 amide bonds. The molecule has 0 saturated heterocycles. The van der Waals surface area contributed by atoms with Gasteiger partial charge in [0.1, 0.15) is 10.7 Å². The van der Waals surface area contributed by atoms with Crippen LogP contribution in [0.15, 0.2) is 21.2 Å². The summed E-state index contributed by atoms with van der Waals surface area (Å²) in [5, 5.41) is 0.947. The Hall–Kier alpha value is -0.300. The van der Waals surface area contributed by atoms with Crippen LogP contribution in [0.1, 0.15) is 36.9 Å². The maximum Gasteiger partial charge on any atom is 0.143 e. The second kappa shape index (κ2) is 5.16. The van der Waals surface area contributed by atoms with Crippen LogP contribution < -0.4 is 5.73 Å². The molecule has 1 aliphatic rings. The van der Waals surface area contributed by atoms with Gasteiger partial charge in [0.2, 0.25) is 0 Å². The van der Waals surface area contributed by atoms with Crippen LogP contribution in [0, 0.1) is 5.41 Å². The van der Waals surface area contributed by atoms with Gasteiger partial charge in [-0.15, -0.1) is 11.3 Å². The van der Waals surface area contributed by atoms with E-state index in [1.54, 1.807) is 17.5 Å². The quantitative estimate of drug-likeness (QED) is 0.732. The van der Waals surface area contributed by atoms with Crippen LogP contribution in [0.4, 0.5) is 0 Å². The third kappa shape index (κ3) is 2.71. The molecule has 3 nitrogen and oxygen atoms in total. The van der Waals surface area contributed by atoms with E-state index in [-0.39, 0.29) is 11.5 Å². The first-order chi connectivity index (χ1) is 9.35. The molecule has 2 aromatic rings. The minimum Gasteiger partial charge on any atom is -0.323 e. The molecule has 3 rings (SSSR count). The van der Waals surface area contributed by atoms with Crippen molar-refractivity contribution in [2.24, 2.45) is 11.1 Å². The normalized spacial score (nSPS) is 20.8. The zero-order valence-electron chi connectivity index (χ0n) is 11.3. The smallest absolute Gasteiger partial charge is 0.143 e. The molecule has 1 aliphatic carbocycles. The summed E-state index contributed by atoms with van der Waals surface area (Å²) in [6, 6.07) is 2.08. The Labute approximate surface area is 139 Å². The van der Waals surface area contributed by atoms with E-state index in [0.717, 1.165) is 38.2 Å². The van der Waals surface area contributed by atoms with Crippen molar-refractivity contribution >= 4 is 43.2 Å². The Kier molecular flexibility index (Phi) is 3.77. The molecule has 2 heterocycles. The second-order valence-electron chi connectivity index (χ2n) is 5.97. The third-order valence-electron chi connectivity index (χ3n) is 3.49. The highest BCUT2D eigenvalue weighted by atomic mass is 79.9. The van der Waals surface area contributed by atoms with Gasteiger partial charge in [0.25, 0.3) is 0 Å². The fourth-order valence-corrected chi connectivity index (χ4v) is 5.07. The van der Waals surface area contributed by atoms with Crippen molar-refractivity contribution in [2.75, 3.05) is 0 Å². The van der Waals surface area contributed by atoms with Crippen LogP contribution in [0.25, 0.3) is 10.7 Å². The van der Waals surface area contributed by atoms with Crippen LogP contribution >= 0.6 is 43.2 Å². The highest BCUT2D eigenvalue weighted by Gasteiger charge is 2.33. The van der Waals surface area contributed by atoms with Crippen LogP contribution in [-0.4, -0.2) is 9.97 Å². The fourth-order valence-electron chi connectivity index (χ4n) is 2.67. The number of hydrogen-bond donors (Lipinski definition) is 1. The fraction of sp³-hybridized carbons (Fsp3) is 0.429. The Morgan fingerprint density at radius 3 is 2.85 bits per heavy atom. The highest BCUT2D eigenvalue weighted by Crippen LogP contribution is 2.44. The Balaban J connectivity index is 2.06. The van der Waals surface area contributed by atoms with Gasteiger partial charge < -0.3 is 5.73 Å². The molecule has 106 valence electrons. The average Bonchev–Trinajstić information content (AvgIpc) is 2.70. The molecule has 1 unspecified atom stereocenters. The third-order valence-corrected chi connectivity index (χ3v) is 5.77. The first kappa shape index (κ1) is 14.6. The van der Waals surface area contributed by atoms with Gasteiger partial charge in [-0.05, 0) is 56.2 Å². The molecule has 0 aliphatic heterocycles. The maximum absolute atomic E-state index is 6.31. The molecular formula is C14H15Br2N3S. The summed E-state index contributed by atoms with van der Waals surface area (Å²) in [6.07, 6.45) is 3.79. The van der Waals surface area contributed by atoms with Gasteiger partial charge in [0.05, 0.1) is 5.69 Å². The largest absolute Gasteiger partial charge is 0.323 e. The summed E-state index contributed by atoms with van der Waals surface area (Å²) in [6.45, 7) is 4.51. The average molecular weight is 417 g/mol. The number of nitrogens with two attached hydrogens (primary N) is 1. The van der Waals surface area contributed by atoms with E-state index in [1.165, 1.54) is 4.88 Å². The van der Waals surface area contributed by atoms with E-state index in [4.69, 9.17) is 10.7 Å². The highest BCUT2D eigenvalue weighted by molar-refractivity contribution is 9.11. The van der Waals surface area contributed by atoms with Crippen molar-refractivity contribution in [1.82, 2.24) is 9.97 Å². The van der Waals surface area contributed by atoms with Gasteiger partial charge in [-0.3, -0.25) is 4.98 Å². The lowest BCUT2D eigenvalue weighted by molar-refractivity contribution is 0.282. The number of fused-ring (bicyclic) bond motifs is 1. The number of thiazole rings is 1. The van der Waals surface area contributed by atoms with E-state index < -0.39 is 0 Å². The zero-order valence-corrected chi connectivity index (χ0v) is 15.3. The molecule has 0 spiro atoms. The van der Waals surface area contributed by atoms with Crippen molar-refractivity contribution < 1.29 is 0 Å². The molecular weight excluding hydrogens is 402 g/mol. The minimum atomic E-state index is 0.0919. The molecule has 0 saturated carbocycles. The monoisotopic (exact) mass is 415 g/mol. The molecule has 0 radical (unpaired) electrons. The number of nitrogens with zero attached hydrogens (tertiary/aromatic N) is 2. The first-order valence-electron chi connectivity index (χ1n) is 6.42. The summed E-state index contributed by atoms with van der Waals surface area (Å²) in [5.41, 5.74) is 8.56. The first-order valence-corrected chi connectivity index (χ1v) is 8.82. The predicted octanol–water partition coefficient (Wildman–Crippen LogP) is 4.70. The predicted molar refractivity (Wildman–Crippen MR) is 89.8 cm³/mol. The second-order valence-corrected chi connectivity index (χ2v) is 8.77. The van der Waals surface area contributed by atoms with Crippen LogP contribution in [0.2, 0.25) is 0 Å².